The number of carbonyl (C=O) groups is 1. The lowest BCUT2D eigenvalue weighted by Crippen LogP contribution is -2.57. The second-order valence-electron chi connectivity index (χ2n) is 7.84. The highest BCUT2D eigenvalue weighted by Crippen LogP contribution is 2.36. The highest BCUT2D eigenvalue weighted by atomic mass is 19.4. The van der Waals surface area contributed by atoms with Gasteiger partial charge in [-0.15, -0.1) is 0 Å². The second kappa shape index (κ2) is 9.68. The summed E-state index contributed by atoms with van der Waals surface area (Å²) in [4.78, 5) is 18.3. The smallest absolute Gasteiger partial charge is 0.434 e. The number of rotatable bonds is 5. The van der Waals surface area contributed by atoms with Crippen molar-refractivity contribution in [2.24, 2.45) is 0 Å². The summed E-state index contributed by atoms with van der Waals surface area (Å²) < 4.78 is 80.7. The van der Waals surface area contributed by atoms with Gasteiger partial charge in [0.1, 0.15) is 6.04 Å². The van der Waals surface area contributed by atoms with Crippen LogP contribution in [-0.2, 0) is 16.1 Å². The van der Waals surface area contributed by atoms with E-state index in [1.807, 2.05) is 44.2 Å². The number of hydrogen-bond donors (Lipinski definition) is 1. The molecular weight excluding hydrogens is 452 g/mol. The Hall–Kier alpha value is -2.66. The molecule has 0 spiro atoms. The van der Waals surface area contributed by atoms with Gasteiger partial charge in [-0.3, -0.25) is 14.7 Å². The van der Waals surface area contributed by atoms with Crippen LogP contribution in [-0.4, -0.2) is 60.0 Å². The number of aromatic nitrogens is 1. The van der Waals surface area contributed by atoms with Crippen LogP contribution in [0.25, 0.3) is 11.1 Å². The number of halogens is 6. The van der Waals surface area contributed by atoms with E-state index in [1.54, 1.807) is 6.07 Å². The molecule has 1 aliphatic heterocycles. The number of pyridine rings is 1. The van der Waals surface area contributed by atoms with Gasteiger partial charge in [0, 0.05) is 37.4 Å². The lowest BCUT2D eigenvalue weighted by molar-refractivity contribution is -0.314. The quantitative estimate of drug-likeness (QED) is 0.520. The molecule has 1 aliphatic rings. The van der Waals surface area contributed by atoms with E-state index in [9.17, 15) is 31.1 Å². The average molecular weight is 475 g/mol. The zero-order valence-electron chi connectivity index (χ0n) is 17.9. The standard InChI is InChI=1S/C22H23F6N3O2/c1-13-5-3-4-6-16(13)17-8-7-15(30-14(17)2)12-31-10-9-29-11-18(31)19(32)33-20(21(23,24)25)22(26,27)28/h3-8,18,20,29H,9-12H2,1-2H3. The summed E-state index contributed by atoms with van der Waals surface area (Å²) in [5.74, 6) is -1.59. The monoisotopic (exact) mass is 475 g/mol. The molecule has 0 radical (unpaired) electrons. The van der Waals surface area contributed by atoms with Crippen LogP contribution >= 0.6 is 0 Å². The molecule has 3 rings (SSSR count). The van der Waals surface area contributed by atoms with Crippen LogP contribution in [0.15, 0.2) is 36.4 Å². The minimum Gasteiger partial charge on any atom is -0.442 e. The first-order chi connectivity index (χ1) is 15.4. The van der Waals surface area contributed by atoms with Gasteiger partial charge >= 0.3 is 18.3 Å². The Balaban J connectivity index is 1.77. The molecule has 1 aromatic carbocycles. The Morgan fingerprint density at radius 1 is 1.09 bits per heavy atom. The maximum Gasteiger partial charge on any atom is 0.434 e. The molecule has 0 saturated carbocycles. The Labute approximate surface area is 186 Å². The third-order valence-corrected chi connectivity index (χ3v) is 5.40. The van der Waals surface area contributed by atoms with Crippen molar-refractivity contribution in [1.82, 2.24) is 15.2 Å². The fourth-order valence-corrected chi connectivity index (χ4v) is 3.75. The highest BCUT2D eigenvalue weighted by Gasteiger charge is 2.60. The molecule has 1 fully saturated rings. The number of carbonyl (C=O) groups excluding carboxylic acids is 1. The van der Waals surface area contributed by atoms with E-state index in [4.69, 9.17) is 0 Å². The van der Waals surface area contributed by atoms with E-state index in [1.165, 1.54) is 4.90 Å². The lowest BCUT2D eigenvalue weighted by atomic mass is 9.99. The fourth-order valence-electron chi connectivity index (χ4n) is 3.75. The van der Waals surface area contributed by atoms with Crippen molar-refractivity contribution >= 4 is 5.97 Å². The molecule has 2 heterocycles. The van der Waals surface area contributed by atoms with Crippen molar-refractivity contribution in [2.45, 2.75) is 44.9 Å². The zero-order valence-corrected chi connectivity index (χ0v) is 17.9. The SMILES string of the molecule is Cc1ccccc1-c1ccc(CN2CCNCC2C(=O)OC(C(F)(F)F)C(F)(F)F)nc1C. The van der Waals surface area contributed by atoms with Gasteiger partial charge in [0.15, 0.2) is 0 Å². The van der Waals surface area contributed by atoms with Crippen LogP contribution in [0.1, 0.15) is 17.0 Å². The van der Waals surface area contributed by atoms with Crippen LogP contribution < -0.4 is 5.32 Å². The Morgan fingerprint density at radius 2 is 1.76 bits per heavy atom. The van der Waals surface area contributed by atoms with E-state index in [-0.39, 0.29) is 19.6 Å². The molecule has 1 saturated heterocycles. The average Bonchev–Trinajstić information content (AvgIpc) is 2.71. The summed E-state index contributed by atoms with van der Waals surface area (Å²) in [5.41, 5.74) is 4.22. The summed E-state index contributed by atoms with van der Waals surface area (Å²) >= 11 is 0. The number of piperazine rings is 1. The van der Waals surface area contributed by atoms with Gasteiger partial charge in [-0.1, -0.05) is 30.3 Å². The number of aryl methyl sites for hydroxylation is 2. The van der Waals surface area contributed by atoms with Gasteiger partial charge in [-0.25, -0.2) is 0 Å². The topological polar surface area (TPSA) is 54.5 Å². The van der Waals surface area contributed by atoms with Gasteiger partial charge in [0.05, 0.1) is 5.69 Å². The summed E-state index contributed by atoms with van der Waals surface area (Å²) in [6.45, 7) is 4.34. The molecule has 2 aromatic rings. The molecule has 0 aliphatic carbocycles. The third kappa shape index (κ3) is 6.02. The number of hydrogen-bond acceptors (Lipinski definition) is 5. The van der Waals surface area contributed by atoms with Crippen molar-refractivity contribution in [2.75, 3.05) is 19.6 Å². The maximum atomic E-state index is 12.8. The minimum absolute atomic E-state index is 0.0685. The first kappa shape index (κ1) is 25.0. The van der Waals surface area contributed by atoms with Gasteiger partial charge < -0.3 is 10.1 Å². The van der Waals surface area contributed by atoms with Crippen molar-refractivity contribution < 1.29 is 35.9 Å². The van der Waals surface area contributed by atoms with Crippen LogP contribution in [0.2, 0.25) is 0 Å². The Morgan fingerprint density at radius 3 is 2.36 bits per heavy atom. The lowest BCUT2D eigenvalue weighted by Gasteiger charge is -2.35. The maximum absolute atomic E-state index is 12.8. The van der Waals surface area contributed by atoms with Crippen LogP contribution in [0.5, 0.6) is 0 Å². The van der Waals surface area contributed by atoms with Crippen molar-refractivity contribution in [3.05, 3.63) is 53.3 Å². The molecule has 5 nitrogen and oxygen atoms in total. The summed E-state index contributed by atoms with van der Waals surface area (Å²) in [6, 6.07) is 10.0. The van der Waals surface area contributed by atoms with E-state index < -0.39 is 30.5 Å². The summed E-state index contributed by atoms with van der Waals surface area (Å²) in [6.07, 6.45) is -15.7. The van der Waals surface area contributed by atoms with Crippen molar-refractivity contribution in [1.29, 1.82) is 0 Å². The third-order valence-electron chi connectivity index (χ3n) is 5.40. The Kier molecular flexibility index (Phi) is 7.32. The molecule has 11 heteroatoms. The largest absolute Gasteiger partial charge is 0.442 e. The first-order valence-electron chi connectivity index (χ1n) is 10.2. The number of benzene rings is 1. The van der Waals surface area contributed by atoms with Crippen LogP contribution in [0.4, 0.5) is 26.3 Å². The van der Waals surface area contributed by atoms with Gasteiger partial charge in [0.25, 0.3) is 6.10 Å². The number of alkyl halides is 6. The normalized spacial score (nSPS) is 17.9. The molecule has 33 heavy (non-hydrogen) atoms. The van der Waals surface area contributed by atoms with E-state index in [0.29, 0.717) is 17.9 Å². The molecule has 0 bridgehead atoms. The first-order valence-corrected chi connectivity index (χ1v) is 10.2. The molecule has 1 aromatic heterocycles. The predicted molar refractivity (Wildman–Crippen MR) is 108 cm³/mol. The van der Waals surface area contributed by atoms with Crippen molar-refractivity contribution in [3.63, 3.8) is 0 Å². The number of nitrogens with one attached hydrogen (secondary N) is 1. The number of nitrogens with zero attached hydrogens (tertiary/aromatic N) is 2. The van der Waals surface area contributed by atoms with E-state index >= 15 is 0 Å². The van der Waals surface area contributed by atoms with Gasteiger partial charge in [-0.05, 0) is 31.0 Å². The predicted octanol–water partition coefficient (Wildman–Crippen LogP) is 4.18. The molecule has 180 valence electrons. The summed E-state index contributed by atoms with van der Waals surface area (Å²) in [5, 5.41) is 2.81. The fraction of sp³-hybridized carbons (Fsp3) is 0.455. The van der Waals surface area contributed by atoms with Crippen LogP contribution in [0.3, 0.4) is 0 Å². The van der Waals surface area contributed by atoms with E-state index in [0.717, 1.165) is 16.7 Å². The zero-order chi connectivity index (χ0) is 24.4. The molecule has 1 unspecified atom stereocenters. The molecule has 1 atom stereocenters. The molecular formula is C22H23F6N3O2. The number of esters is 1. The molecule has 1 N–H and O–H groups in total. The summed E-state index contributed by atoms with van der Waals surface area (Å²) in [7, 11) is 0. The van der Waals surface area contributed by atoms with Crippen molar-refractivity contribution in [3.8, 4) is 11.1 Å². The van der Waals surface area contributed by atoms with E-state index in [2.05, 4.69) is 15.0 Å². The minimum atomic E-state index is -5.76. The molecule has 0 amide bonds. The van der Waals surface area contributed by atoms with Gasteiger partial charge in [0.2, 0.25) is 0 Å². The Bertz CT molecular complexity index is 979. The highest BCUT2D eigenvalue weighted by molar-refractivity contribution is 5.76. The number of ether oxygens (including phenoxy) is 1. The second-order valence-corrected chi connectivity index (χ2v) is 7.84. The van der Waals surface area contributed by atoms with Gasteiger partial charge in [-0.2, -0.15) is 26.3 Å². The van der Waals surface area contributed by atoms with Crippen LogP contribution in [0, 0.1) is 13.8 Å².